The van der Waals surface area contributed by atoms with Crippen molar-refractivity contribution in [3.05, 3.63) is 29.3 Å². The lowest BCUT2D eigenvalue weighted by Crippen LogP contribution is -2.07. The van der Waals surface area contributed by atoms with Gasteiger partial charge in [-0.05, 0) is 18.2 Å². The van der Waals surface area contributed by atoms with Crippen LogP contribution in [-0.2, 0) is 6.18 Å². The quantitative estimate of drug-likeness (QED) is 0.596. The Bertz CT molecular complexity index is 443. The van der Waals surface area contributed by atoms with Crippen molar-refractivity contribution in [1.29, 1.82) is 0 Å². The van der Waals surface area contributed by atoms with Crippen molar-refractivity contribution in [3.8, 4) is 17.6 Å². The van der Waals surface area contributed by atoms with Gasteiger partial charge in [-0.15, -0.1) is 0 Å². The third-order valence-electron chi connectivity index (χ3n) is 1.96. The maximum Gasteiger partial charge on any atom is 0.420 e. The second-order valence-electron chi connectivity index (χ2n) is 3.15. The number of ether oxygens (including phenoxy) is 1. The van der Waals surface area contributed by atoms with Crippen LogP contribution in [-0.4, -0.2) is 12.4 Å². The molecular weight excluding hydrogens is 297 g/mol. The Balaban J connectivity index is 3.11. The van der Waals surface area contributed by atoms with Gasteiger partial charge in [0.2, 0.25) is 0 Å². The summed E-state index contributed by atoms with van der Waals surface area (Å²) in [4.78, 5) is 0. The van der Waals surface area contributed by atoms with E-state index < -0.39 is 11.7 Å². The van der Waals surface area contributed by atoms with Crippen molar-refractivity contribution in [3.63, 3.8) is 0 Å². The van der Waals surface area contributed by atoms with Gasteiger partial charge in [0.1, 0.15) is 5.75 Å². The number of alkyl halides is 4. The molecule has 0 aromatic heterocycles. The van der Waals surface area contributed by atoms with Crippen LogP contribution in [0.4, 0.5) is 13.2 Å². The van der Waals surface area contributed by atoms with Crippen LogP contribution in [0.15, 0.2) is 18.2 Å². The highest BCUT2D eigenvalue weighted by molar-refractivity contribution is 9.09. The van der Waals surface area contributed by atoms with E-state index in [1.807, 2.05) is 0 Å². The van der Waals surface area contributed by atoms with E-state index in [9.17, 15) is 13.2 Å². The van der Waals surface area contributed by atoms with Crippen LogP contribution >= 0.6 is 15.9 Å². The fourth-order valence-corrected chi connectivity index (χ4v) is 1.42. The smallest absolute Gasteiger partial charge is 0.420 e. The zero-order chi connectivity index (χ0) is 12.9. The van der Waals surface area contributed by atoms with Crippen LogP contribution in [0.1, 0.15) is 17.5 Å². The summed E-state index contributed by atoms with van der Waals surface area (Å²) in [6.07, 6.45) is -3.84. The number of methoxy groups -OCH3 is 1. The van der Waals surface area contributed by atoms with Crippen molar-refractivity contribution in [2.45, 2.75) is 12.6 Å². The average molecular weight is 307 g/mol. The molecule has 1 rings (SSSR count). The second kappa shape index (κ2) is 5.97. The first-order valence-corrected chi connectivity index (χ1v) is 5.91. The molecule has 0 N–H and O–H groups in total. The molecule has 0 radical (unpaired) electrons. The minimum atomic E-state index is -4.43. The molecule has 1 nitrogen and oxygen atoms in total. The summed E-state index contributed by atoms with van der Waals surface area (Å²) in [5.74, 6) is 5.25. The molecule has 0 aliphatic carbocycles. The molecule has 0 bridgehead atoms. The number of rotatable bonds is 2. The van der Waals surface area contributed by atoms with Gasteiger partial charge < -0.3 is 4.74 Å². The van der Waals surface area contributed by atoms with E-state index in [2.05, 4.69) is 32.5 Å². The Morgan fingerprint density at radius 3 is 2.59 bits per heavy atom. The van der Waals surface area contributed by atoms with Gasteiger partial charge in [0.25, 0.3) is 0 Å². The second-order valence-corrected chi connectivity index (χ2v) is 3.95. The summed E-state index contributed by atoms with van der Waals surface area (Å²) in [7, 11) is 1.21. The maximum atomic E-state index is 12.7. The maximum absolute atomic E-state index is 12.7. The van der Waals surface area contributed by atoms with E-state index in [1.165, 1.54) is 19.2 Å². The van der Waals surface area contributed by atoms with Gasteiger partial charge in [-0.3, -0.25) is 0 Å². The molecule has 0 amide bonds. The number of benzene rings is 1. The van der Waals surface area contributed by atoms with Crippen LogP contribution < -0.4 is 4.74 Å². The van der Waals surface area contributed by atoms with E-state index in [0.717, 1.165) is 6.07 Å². The lowest BCUT2D eigenvalue weighted by Gasteiger charge is -2.11. The molecule has 0 fully saturated rings. The standard InChI is InChI=1S/C12H10BrF3O/c1-17-11-6-5-9(4-2-3-7-13)8-10(11)12(14,15)16/h5-6,8H,3,7H2,1H3. The lowest BCUT2D eigenvalue weighted by atomic mass is 10.1. The molecule has 1 aromatic carbocycles. The van der Waals surface area contributed by atoms with Crippen molar-refractivity contribution in [2.24, 2.45) is 0 Å². The zero-order valence-electron chi connectivity index (χ0n) is 9.07. The van der Waals surface area contributed by atoms with Crippen molar-refractivity contribution >= 4 is 15.9 Å². The Labute approximate surface area is 106 Å². The summed E-state index contributed by atoms with van der Waals surface area (Å²) in [5, 5.41) is 0.697. The third-order valence-corrected chi connectivity index (χ3v) is 2.35. The highest BCUT2D eigenvalue weighted by Crippen LogP contribution is 2.36. The molecule has 5 heteroatoms. The normalized spacial score (nSPS) is 10.6. The summed E-state index contributed by atoms with van der Waals surface area (Å²) < 4.78 is 42.7. The molecule has 0 saturated heterocycles. The molecule has 1 aromatic rings. The number of hydrogen-bond donors (Lipinski definition) is 0. The monoisotopic (exact) mass is 306 g/mol. The van der Waals surface area contributed by atoms with Gasteiger partial charge in [-0.2, -0.15) is 13.2 Å². The van der Waals surface area contributed by atoms with Gasteiger partial charge in [0, 0.05) is 17.3 Å². The highest BCUT2D eigenvalue weighted by Gasteiger charge is 2.34. The molecule has 0 spiro atoms. The number of halogens is 4. The minimum absolute atomic E-state index is 0.191. The predicted molar refractivity (Wildman–Crippen MR) is 63.3 cm³/mol. The largest absolute Gasteiger partial charge is 0.496 e. The Morgan fingerprint density at radius 1 is 1.35 bits per heavy atom. The minimum Gasteiger partial charge on any atom is -0.496 e. The SMILES string of the molecule is COc1ccc(C#CCCBr)cc1C(F)(F)F. The van der Waals surface area contributed by atoms with Crippen molar-refractivity contribution in [2.75, 3.05) is 12.4 Å². The summed E-state index contributed by atoms with van der Waals surface area (Å²) in [6, 6.07) is 3.79. The van der Waals surface area contributed by atoms with Crippen LogP contribution in [0.2, 0.25) is 0 Å². The van der Waals surface area contributed by atoms with E-state index in [4.69, 9.17) is 0 Å². The van der Waals surface area contributed by atoms with E-state index in [1.54, 1.807) is 0 Å². The third kappa shape index (κ3) is 3.97. The fourth-order valence-electron chi connectivity index (χ4n) is 1.22. The van der Waals surface area contributed by atoms with E-state index >= 15 is 0 Å². The van der Waals surface area contributed by atoms with Crippen LogP contribution in [0, 0.1) is 11.8 Å². The van der Waals surface area contributed by atoms with Gasteiger partial charge in [-0.25, -0.2) is 0 Å². The predicted octanol–water partition coefficient (Wildman–Crippen LogP) is 3.85. The Hall–Kier alpha value is -1.15. The lowest BCUT2D eigenvalue weighted by molar-refractivity contribution is -0.138. The first kappa shape index (κ1) is 13.9. The Kier molecular flexibility index (Phi) is 4.88. The van der Waals surface area contributed by atoms with E-state index in [-0.39, 0.29) is 5.75 Å². The van der Waals surface area contributed by atoms with Gasteiger partial charge in [-0.1, -0.05) is 27.8 Å². The molecule has 0 heterocycles. The van der Waals surface area contributed by atoms with Crippen molar-refractivity contribution in [1.82, 2.24) is 0 Å². The van der Waals surface area contributed by atoms with Gasteiger partial charge in [0.15, 0.2) is 0 Å². The molecule has 0 saturated carbocycles. The molecule has 92 valence electrons. The van der Waals surface area contributed by atoms with Gasteiger partial charge in [0.05, 0.1) is 12.7 Å². The van der Waals surface area contributed by atoms with Crippen LogP contribution in [0.3, 0.4) is 0 Å². The first-order valence-electron chi connectivity index (χ1n) is 4.79. The molecule has 0 unspecified atom stereocenters. The van der Waals surface area contributed by atoms with E-state index in [0.29, 0.717) is 17.3 Å². The summed E-state index contributed by atoms with van der Waals surface area (Å²) in [6.45, 7) is 0. The fraction of sp³-hybridized carbons (Fsp3) is 0.333. The molecule has 0 aliphatic rings. The average Bonchev–Trinajstić information content (AvgIpc) is 2.28. The topological polar surface area (TPSA) is 9.23 Å². The van der Waals surface area contributed by atoms with Crippen molar-refractivity contribution < 1.29 is 17.9 Å². The van der Waals surface area contributed by atoms with Gasteiger partial charge >= 0.3 is 6.18 Å². The van der Waals surface area contributed by atoms with Crippen LogP contribution in [0.5, 0.6) is 5.75 Å². The summed E-state index contributed by atoms with van der Waals surface area (Å²) in [5.41, 5.74) is -0.468. The molecular formula is C12H10BrF3O. The van der Waals surface area contributed by atoms with Crippen LogP contribution in [0.25, 0.3) is 0 Å². The first-order chi connectivity index (χ1) is 7.99. The molecule has 0 atom stereocenters. The molecule has 17 heavy (non-hydrogen) atoms. The zero-order valence-corrected chi connectivity index (χ0v) is 10.7. The summed E-state index contributed by atoms with van der Waals surface area (Å²) >= 11 is 3.19. The highest BCUT2D eigenvalue weighted by atomic mass is 79.9. The Morgan fingerprint density at radius 2 is 2.06 bits per heavy atom. The molecule has 0 aliphatic heterocycles. The number of hydrogen-bond acceptors (Lipinski definition) is 1.